The van der Waals surface area contributed by atoms with Crippen LogP contribution >= 0.6 is 15.9 Å². The van der Waals surface area contributed by atoms with E-state index in [1.54, 1.807) is 0 Å². The van der Waals surface area contributed by atoms with E-state index >= 15 is 0 Å². The molecule has 1 aliphatic heterocycles. The highest BCUT2D eigenvalue weighted by Gasteiger charge is 2.18. The molecule has 1 N–H and O–H groups in total. The molecule has 0 aromatic heterocycles. The van der Waals surface area contributed by atoms with Crippen LogP contribution in [0.25, 0.3) is 0 Å². The second-order valence-electron chi connectivity index (χ2n) is 4.13. The SMILES string of the molecule is O=C(O)CN1CCN(c2ccc(Br)cc2)CC1. The summed E-state index contributed by atoms with van der Waals surface area (Å²) < 4.78 is 1.07. The van der Waals surface area contributed by atoms with Crippen molar-refractivity contribution in [2.24, 2.45) is 0 Å². The Bertz CT molecular complexity index is 386. The van der Waals surface area contributed by atoms with Crippen LogP contribution in [0.4, 0.5) is 5.69 Å². The highest BCUT2D eigenvalue weighted by atomic mass is 79.9. The number of nitrogens with zero attached hydrogens (tertiary/aromatic N) is 2. The summed E-state index contributed by atoms with van der Waals surface area (Å²) in [4.78, 5) is 14.8. The monoisotopic (exact) mass is 298 g/mol. The maximum Gasteiger partial charge on any atom is 0.317 e. The molecule has 0 radical (unpaired) electrons. The van der Waals surface area contributed by atoms with Gasteiger partial charge in [0.05, 0.1) is 6.54 Å². The number of aliphatic carboxylic acids is 1. The van der Waals surface area contributed by atoms with E-state index in [-0.39, 0.29) is 6.54 Å². The Balaban J connectivity index is 1.90. The number of benzene rings is 1. The number of rotatable bonds is 3. The van der Waals surface area contributed by atoms with Crippen LogP contribution in [-0.2, 0) is 4.79 Å². The van der Waals surface area contributed by atoms with Gasteiger partial charge < -0.3 is 10.0 Å². The highest BCUT2D eigenvalue weighted by molar-refractivity contribution is 9.10. The topological polar surface area (TPSA) is 43.8 Å². The number of anilines is 1. The van der Waals surface area contributed by atoms with Crippen LogP contribution < -0.4 is 4.90 Å². The maximum atomic E-state index is 10.6. The molecule has 0 saturated carbocycles. The molecule has 2 rings (SSSR count). The molecule has 0 unspecified atom stereocenters. The Labute approximate surface area is 109 Å². The molecular weight excluding hydrogens is 284 g/mol. The van der Waals surface area contributed by atoms with Crippen molar-refractivity contribution < 1.29 is 9.90 Å². The number of carboxylic acids is 1. The molecule has 5 heteroatoms. The van der Waals surface area contributed by atoms with E-state index < -0.39 is 5.97 Å². The second kappa shape index (κ2) is 5.51. The fourth-order valence-electron chi connectivity index (χ4n) is 2.01. The van der Waals surface area contributed by atoms with Gasteiger partial charge in [0.2, 0.25) is 0 Å². The standard InChI is InChI=1S/C12H15BrN2O2/c13-10-1-3-11(4-2-10)15-7-5-14(6-8-15)9-12(16)17/h1-4H,5-9H2,(H,16,17). The average molecular weight is 299 g/mol. The van der Waals surface area contributed by atoms with Crippen LogP contribution in [0.3, 0.4) is 0 Å². The quantitative estimate of drug-likeness (QED) is 0.922. The van der Waals surface area contributed by atoms with E-state index in [1.165, 1.54) is 5.69 Å². The number of hydrogen-bond donors (Lipinski definition) is 1. The largest absolute Gasteiger partial charge is 0.480 e. The predicted molar refractivity (Wildman–Crippen MR) is 70.4 cm³/mol. The summed E-state index contributed by atoms with van der Waals surface area (Å²) in [7, 11) is 0. The summed E-state index contributed by atoms with van der Waals surface area (Å²) in [6.07, 6.45) is 0. The first-order valence-corrected chi connectivity index (χ1v) is 6.39. The van der Waals surface area contributed by atoms with Crippen molar-refractivity contribution >= 4 is 27.6 Å². The third kappa shape index (κ3) is 3.44. The number of carbonyl (C=O) groups is 1. The van der Waals surface area contributed by atoms with Crippen LogP contribution in [0.2, 0.25) is 0 Å². The lowest BCUT2D eigenvalue weighted by Gasteiger charge is -2.35. The van der Waals surface area contributed by atoms with Crippen LogP contribution in [0, 0.1) is 0 Å². The molecule has 1 aromatic rings. The summed E-state index contributed by atoms with van der Waals surface area (Å²) >= 11 is 3.41. The van der Waals surface area contributed by atoms with Gasteiger partial charge in [-0.25, -0.2) is 0 Å². The van der Waals surface area contributed by atoms with Crippen molar-refractivity contribution in [1.29, 1.82) is 0 Å². The summed E-state index contributed by atoms with van der Waals surface area (Å²) in [5.74, 6) is -0.748. The molecular formula is C12H15BrN2O2. The Morgan fingerprint density at radius 2 is 1.76 bits per heavy atom. The minimum Gasteiger partial charge on any atom is -0.480 e. The molecule has 0 spiro atoms. The van der Waals surface area contributed by atoms with Gasteiger partial charge in [0.1, 0.15) is 0 Å². The molecule has 0 atom stereocenters. The minimum atomic E-state index is -0.748. The zero-order valence-corrected chi connectivity index (χ0v) is 11.1. The normalized spacial score (nSPS) is 17.1. The van der Waals surface area contributed by atoms with Gasteiger partial charge in [-0.2, -0.15) is 0 Å². The van der Waals surface area contributed by atoms with Gasteiger partial charge in [0.25, 0.3) is 0 Å². The van der Waals surface area contributed by atoms with Gasteiger partial charge >= 0.3 is 5.97 Å². The van der Waals surface area contributed by atoms with Gasteiger partial charge in [-0.1, -0.05) is 15.9 Å². The zero-order valence-electron chi connectivity index (χ0n) is 9.47. The molecule has 0 amide bonds. The van der Waals surface area contributed by atoms with Crippen LogP contribution in [0.1, 0.15) is 0 Å². The van der Waals surface area contributed by atoms with Crippen molar-refractivity contribution in [3.63, 3.8) is 0 Å². The van der Waals surface area contributed by atoms with E-state index in [9.17, 15) is 4.79 Å². The van der Waals surface area contributed by atoms with Crippen molar-refractivity contribution in [2.75, 3.05) is 37.6 Å². The number of carboxylic acid groups (broad SMARTS) is 1. The van der Waals surface area contributed by atoms with E-state index in [2.05, 4.69) is 33.0 Å². The summed E-state index contributed by atoms with van der Waals surface area (Å²) in [6.45, 7) is 3.53. The number of piperazine rings is 1. The lowest BCUT2D eigenvalue weighted by molar-refractivity contribution is -0.138. The highest BCUT2D eigenvalue weighted by Crippen LogP contribution is 2.19. The van der Waals surface area contributed by atoms with E-state index in [1.807, 2.05) is 17.0 Å². The van der Waals surface area contributed by atoms with Gasteiger partial charge in [0, 0.05) is 36.3 Å². The smallest absolute Gasteiger partial charge is 0.317 e. The lowest BCUT2D eigenvalue weighted by atomic mass is 10.2. The maximum absolute atomic E-state index is 10.6. The first kappa shape index (κ1) is 12.4. The summed E-state index contributed by atoms with van der Waals surface area (Å²) in [6, 6.07) is 8.21. The van der Waals surface area contributed by atoms with Gasteiger partial charge in [-0.15, -0.1) is 0 Å². The lowest BCUT2D eigenvalue weighted by Crippen LogP contribution is -2.47. The van der Waals surface area contributed by atoms with E-state index in [0.29, 0.717) is 0 Å². The molecule has 0 bridgehead atoms. The van der Waals surface area contributed by atoms with Crippen molar-refractivity contribution in [3.8, 4) is 0 Å². The first-order chi connectivity index (χ1) is 8.15. The summed E-state index contributed by atoms with van der Waals surface area (Å²) in [5, 5.41) is 8.72. The molecule has 1 fully saturated rings. The molecule has 1 aliphatic rings. The molecule has 1 heterocycles. The van der Waals surface area contributed by atoms with Gasteiger partial charge in [0.15, 0.2) is 0 Å². The fraction of sp³-hybridized carbons (Fsp3) is 0.417. The van der Waals surface area contributed by atoms with Crippen molar-refractivity contribution in [3.05, 3.63) is 28.7 Å². The van der Waals surface area contributed by atoms with Crippen LogP contribution in [-0.4, -0.2) is 48.7 Å². The van der Waals surface area contributed by atoms with Gasteiger partial charge in [-0.3, -0.25) is 9.69 Å². The summed E-state index contributed by atoms with van der Waals surface area (Å²) in [5.41, 5.74) is 1.20. The first-order valence-electron chi connectivity index (χ1n) is 5.60. The molecule has 4 nitrogen and oxygen atoms in total. The van der Waals surface area contributed by atoms with E-state index in [4.69, 9.17) is 5.11 Å². The Hall–Kier alpha value is -1.07. The fourth-order valence-corrected chi connectivity index (χ4v) is 2.27. The minimum absolute atomic E-state index is 0.147. The third-order valence-electron chi connectivity index (χ3n) is 2.92. The second-order valence-corrected chi connectivity index (χ2v) is 5.05. The van der Waals surface area contributed by atoms with Crippen molar-refractivity contribution in [2.45, 2.75) is 0 Å². The van der Waals surface area contributed by atoms with Gasteiger partial charge in [-0.05, 0) is 24.3 Å². The molecule has 17 heavy (non-hydrogen) atoms. The van der Waals surface area contributed by atoms with Crippen molar-refractivity contribution in [1.82, 2.24) is 4.90 Å². The third-order valence-corrected chi connectivity index (χ3v) is 3.45. The predicted octanol–water partition coefficient (Wildman–Crippen LogP) is 1.66. The zero-order chi connectivity index (χ0) is 12.3. The van der Waals surface area contributed by atoms with Crippen LogP contribution in [0.15, 0.2) is 28.7 Å². The molecule has 92 valence electrons. The Kier molecular flexibility index (Phi) is 4.02. The van der Waals surface area contributed by atoms with E-state index in [0.717, 1.165) is 30.7 Å². The average Bonchev–Trinajstić information content (AvgIpc) is 2.30. The molecule has 0 aliphatic carbocycles. The Morgan fingerprint density at radius 1 is 1.18 bits per heavy atom. The molecule has 1 aromatic carbocycles. The van der Waals surface area contributed by atoms with Crippen LogP contribution in [0.5, 0.6) is 0 Å². The number of halogens is 1. The molecule has 1 saturated heterocycles. The number of hydrogen-bond acceptors (Lipinski definition) is 3. The Morgan fingerprint density at radius 3 is 2.29 bits per heavy atom.